The lowest BCUT2D eigenvalue weighted by molar-refractivity contribution is -0.134. The zero-order valence-electron chi connectivity index (χ0n) is 11.6. The molecule has 0 saturated carbocycles. The zero-order chi connectivity index (χ0) is 15.4. The van der Waals surface area contributed by atoms with Gasteiger partial charge in [0.15, 0.2) is 0 Å². The number of benzene rings is 1. The molecule has 1 aromatic rings. The minimum absolute atomic E-state index is 0.261. The predicted molar refractivity (Wildman–Crippen MR) is 75.2 cm³/mol. The summed E-state index contributed by atoms with van der Waals surface area (Å²) in [6.45, 7) is 1.87. The van der Waals surface area contributed by atoms with Gasteiger partial charge in [-0.2, -0.15) is 5.26 Å². The number of rotatable bonds is 4. The van der Waals surface area contributed by atoms with E-state index in [4.69, 9.17) is 5.26 Å². The lowest BCUT2D eigenvalue weighted by atomic mass is 9.98. The van der Waals surface area contributed by atoms with Crippen LogP contribution in [0.1, 0.15) is 25.3 Å². The molecule has 1 aliphatic heterocycles. The fourth-order valence-corrected chi connectivity index (χ4v) is 2.26. The second kappa shape index (κ2) is 6.18. The third-order valence-electron chi connectivity index (χ3n) is 3.32. The molecule has 1 aliphatic rings. The standard InChI is InChI=1S/C15H15N3O3/c1-2-3-12-13(19)17-15(21)18(14(12)20)11-6-4-10(5-7-11)8-9-16/h4-7,12H,2-3,8H2,1H3,(H,17,19,21). The first kappa shape index (κ1) is 14.7. The highest BCUT2D eigenvalue weighted by Gasteiger charge is 2.40. The van der Waals surface area contributed by atoms with Gasteiger partial charge in [0.25, 0.3) is 0 Å². The molecule has 1 unspecified atom stereocenters. The highest BCUT2D eigenvalue weighted by atomic mass is 16.2. The molecule has 0 bridgehead atoms. The van der Waals surface area contributed by atoms with E-state index >= 15 is 0 Å². The Hall–Kier alpha value is -2.68. The molecular formula is C15H15N3O3. The number of urea groups is 1. The molecule has 0 aliphatic carbocycles. The van der Waals surface area contributed by atoms with E-state index < -0.39 is 23.8 Å². The SMILES string of the molecule is CCCC1C(=O)NC(=O)N(c2ccc(CC#N)cc2)C1=O. The summed E-state index contributed by atoms with van der Waals surface area (Å²) < 4.78 is 0. The summed E-state index contributed by atoms with van der Waals surface area (Å²) in [7, 11) is 0. The number of nitriles is 1. The molecule has 21 heavy (non-hydrogen) atoms. The Bertz CT molecular complexity index is 616. The Kier molecular flexibility index (Phi) is 4.33. The van der Waals surface area contributed by atoms with Crippen LogP contribution in [0.4, 0.5) is 10.5 Å². The van der Waals surface area contributed by atoms with Crippen LogP contribution in [-0.2, 0) is 16.0 Å². The number of hydrogen-bond acceptors (Lipinski definition) is 4. The third-order valence-corrected chi connectivity index (χ3v) is 3.32. The minimum Gasteiger partial charge on any atom is -0.277 e. The number of nitrogens with one attached hydrogen (secondary N) is 1. The van der Waals surface area contributed by atoms with E-state index in [1.165, 1.54) is 0 Å². The fourth-order valence-electron chi connectivity index (χ4n) is 2.26. The maximum Gasteiger partial charge on any atom is 0.335 e. The molecule has 1 aromatic carbocycles. The molecule has 1 N–H and O–H groups in total. The molecule has 6 heteroatoms. The molecule has 0 radical (unpaired) electrons. The van der Waals surface area contributed by atoms with Crippen molar-refractivity contribution in [1.29, 1.82) is 5.26 Å². The van der Waals surface area contributed by atoms with Crippen molar-refractivity contribution in [3.8, 4) is 6.07 Å². The average molecular weight is 285 g/mol. The highest BCUT2D eigenvalue weighted by molar-refractivity contribution is 6.27. The Balaban J connectivity index is 2.28. The van der Waals surface area contributed by atoms with E-state index in [1.54, 1.807) is 24.3 Å². The van der Waals surface area contributed by atoms with E-state index in [1.807, 2.05) is 13.0 Å². The lowest BCUT2D eigenvalue weighted by Gasteiger charge is -2.30. The van der Waals surface area contributed by atoms with Crippen LogP contribution >= 0.6 is 0 Å². The fraction of sp³-hybridized carbons (Fsp3) is 0.333. The van der Waals surface area contributed by atoms with E-state index in [0.717, 1.165) is 10.5 Å². The average Bonchev–Trinajstić information content (AvgIpc) is 2.45. The molecule has 2 rings (SSSR count). The van der Waals surface area contributed by atoms with Crippen LogP contribution in [0.15, 0.2) is 24.3 Å². The first-order valence-electron chi connectivity index (χ1n) is 6.73. The topological polar surface area (TPSA) is 90.3 Å². The Morgan fingerprint density at radius 1 is 1.24 bits per heavy atom. The van der Waals surface area contributed by atoms with Crippen LogP contribution in [0, 0.1) is 17.2 Å². The largest absolute Gasteiger partial charge is 0.335 e. The highest BCUT2D eigenvalue weighted by Crippen LogP contribution is 2.23. The molecule has 1 atom stereocenters. The van der Waals surface area contributed by atoms with Gasteiger partial charge in [0, 0.05) is 0 Å². The van der Waals surface area contributed by atoms with Gasteiger partial charge in [-0.3, -0.25) is 14.9 Å². The number of imide groups is 2. The van der Waals surface area contributed by atoms with Crippen molar-refractivity contribution in [2.75, 3.05) is 4.90 Å². The van der Waals surface area contributed by atoms with E-state index in [0.29, 0.717) is 18.5 Å². The second-order valence-corrected chi connectivity index (χ2v) is 4.81. The van der Waals surface area contributed by atoms with Gasteiger partial charge in [0.2, 0.25) is 11.8 Å². The summed E-state index contributed by atoms with van der Waals surface area (Å²) in [5.41, 5.74) is 1.19. The number of anilines is 1. The van der Waals surface area contributed by atoms with E-state index in [9.17, 15) is 14.4 Å². The van der Waals surface area contributed by atoms with Gasteiger partial charge in [-0.25, -0.2) is 9.69 Å². The number of carbonyl (C=O) groups is 3. The quantitative estimate of drug-likeness (QED) is 0.853. The van der Waals surface area contributed by atoms with Crippen molar-refractivity contribution in [2.24, 2.45) is 5.92 Å². The number of nitrogens with zero attached hydrogens (tertiary/aromatic N) is 2. The summed E-state index contributed by atoms with van der Waals surface area (Å²) in [6.07, 6.45) is 1.34. The smallest absolute Gasteiger partial charge is 0.277 e. The van der Waals surface area contributed by atoms with Gasteiger partial charge < -0.3 is 0 Å². The number of barbiturate groups is 1. The van der Waals surface area contributed by atoms with Gasteiger partial charge in [-0.05, 0) is 24.1 Å². The Morgan fingerprint density at radius 2 is 1.90 bits per heavy atom. The molecule has 0 aromatic heterocycles. The van der Waals surface area contributed by atoms with Gasteiger partial charge in [-0.15, -0.1) is 0 Å². The van der Waals surface area contributed by atoms with E-state index in [2.05, 4.69) is 5.32 Å². The van der Waals surface area contributed by atoms with Crippen LogP contribution in [0.2, 0.25) is 0 Å². The molecular weight excluding hydrogens is 270 g/mol. The predicted octanol–water partition coefficient (Wildman–Crippen LogP) is 1.75. The lowest BCUT2D eigenvalue weighted by Crippen LogP contribution is -2.58. The van der Waals surface area contributed by atoms with Crippen LogP contribution in [0.5, 0.6) is 0 Å². The monoisotopic (exact) mass is 285 g/mol. The Labute approximate surface area is 122 Å². The summed E-state index contributed by atoms with van der Waals surface area (Å²) in [6, 6.07) is 7.86. The van der Waals surface area contributed by atoms with Crippen LogP contribution in [0.3, 0.4) is 0 Å². The van der Waals surface area contributed by atoms with Crippen LogP contribution in [0.25, 0.3) is 0 Å². The van der Waals surface area contributed by atoms with Crippen molar-refractivity contribution in [3.05, 3.63) is 29.8 Å². The maximum absolute atomic E-state index is 12.3. The molecule has 1 fully saturated rings. The molecule has 1 saturated heterocycles. The van der Waals surface area contributed by atoms with Gasteiger partial charge in [0.05, 0.1) is 18.2 Å². The molecule has 0 spiro atoms. The van der Waals surface area contributed by atoms with Crippen molar-refractivity contribution in [2.45, 2.75) is 26.2 Å². The van der Waals surface area contributed by atoms with Crippen molar-refractivity contribution in [1.82, 2.24) is 5.32 Å². The zero-order valence-corrected chi connectivity index (χ0v) is 11.6. The minimum atomic E-state index is -0.827. The van der Waals surface area contributed by atoms with Crippen molar-refractivity contribution in [3.63, 3.8) is 0 Å². The van der Waals surface area contributed by atoms with Crippen molar-refractivity contribution >= 4 is 23.5 Å². The maximum atomic E-state index is 12.3. The molecule has 1 heterocycles. The van der Waals surface area contributed by atoms with Crippen LogP contribution < -0.4 is 10.2 Å². The third kappa shape index (κ3) is 2.92. The van der Waals surface area contributed by atoms with E-state index in [-0.39, 0.29) is 6.42 Å². The van der Waals surface area contributed by atoms with Crippen molar-refractivity contribution < 1.29 is 14.4 Å². The summed E-state index contributed by atoms with van der Waals surface area (Å²) >= 11 is 0. The van der Waals surface area contributed by atoms with Gasteiger partial charge >= 0.3 is 6.03 Å². The summed E-state index contributed by atoms with van der Waals surface area (Å²) in [4.78, 5) is 36.9. The first-order valence-corrected chi connectivity index (χ1v) is 6.73. The van der Waals surface area contributed by atoms with Gasteiger partial charge in [0.1, 0.15) is 5.92 Å². The number of hydrogen-bond donors (Lipinski definition) is 1. The van der Waals surface area contributed by atoms with Gasteiger partial charge in [-0.1, -0.05) is 25.5 Å². The number of amides is 4. The molecule has 6 nitrogen and oxygen atoms in total. The molecule has 4 amide bonds. The normalized spacial score (nSPS) is 18.4. The molecule has 108 valence electrons. The first-order chi connectivity index (χ1) is 10.1. The van der Waals surface area contributed by atoms with Crippen LogP contribution in [-0.4, -0.2) is 17.8 Å². The number of carbonyl (C=O) groups excluding carboxylic acids is 3. The summed E-state index contributed by atoms with van der Waals surface area (Å²) in [5.74, 6) is -1.87. The Morgan fingerprint density at radius 3 is 2.48 bits per heavy atom. The summed E-state index contributed by atoms with van der Waals surface area (Å²) in [5, 5.41) is 10.8. The second-order valence-electron chi connectivity index (χ2n) is 4.81.